The number of carbonyl (C=O) groups excluding carboxylic acids is 1. The van der Waals surface area contributed by atoms with Gasteiger partial charge in [0.2, 0.25) is 0 Å². The molecular formula is C15H13BrFNO2S. The number of phenolic OH excluding ortho intramolecular Hbond substituents is 1. The zero-order valence-electron chi connectivity index (χ0n) is 11.1. The molecule has 1 aliphatic rings. The number of nitrogens with one attached hydrogen (secondary N) is 1. The fourth-order valence-electron chi connectivity index (χ4n) is 2.55. The zero-order valence-corrected chi connectivity index (χ0v) is 13.5. The van der Waals surface area contributed by atoms with Crippen molar-refractivity contribution < 1.29 is 14.3 Å². The molecule has 0 bridgehead atoms. The number of halogens is 2. The van der Waals surface area contributed by atoms with Crippen molar-refractivity contribution in [1.29, 1.82) is 0 Å². The van der Waals surface area contributed by atoms with Crippen LogP contribution in [0.1, 0.15) is 33.6 Å². The summed E-state index contributed by atoms with van der Waals surface area (Å²) in [5.74, 6) is -1.09. The molecule has 0 saturated carbocycles. The Bertz CT molecular complexity index is 714. The molecule has 0 spiro atoms. The van der Waals surface area contributed by atoms with Crippen LogP contribution in [0.3, 0.4) is 0 Å². The fourth-order valence-corrected chi connectivity index (χ4v) is 4.67. The van der Waals surface area contributed by atoms with Gasteiger partial charge in [-0.2, -0.15) is 0 Å². The van der Waals surface area contributed by atoms with Crippen molar-refractivity contribution >= 4 is 38.9 Å². The van der Waals surface area contributed by atoms with E-state index in [0.717, 1.165) is 41.1 Å². The third-order valence-electron chi connectivity index (χ3n) is 3.56. The van der Waals surface area contributed by atoms with Crippen molar-refractivity contribution in [2.24, 2.45) is 0 Å². The molecule has 2 N–H and O–H groups in total. The van der Waals surface area contributed by atoms with Crippen LogP contribution in [0.15, 0.2) is 22.0 Å². The molecule has 0 aliphatic heterocycles. The van der Waals surface area contributed by atoms with E-state index in [1.165, 1.54) is 17.0 Å². The summed E-state index contributed by atoms with van der Waals surface area (Å²) >= 11 is 5.05. The molecule has 0 fully saturated rings. The normalized spacial score (nSPS) is 13.8. The van der Waals surface area contributed by atoms with Gasteiger partial charge in [0, 0.05) is 10.9 Å². The van der Waals surface area contributed by atoms with Gasteiger partial charge in [0.25, 0.3) is 5.91 Å². The predicted molar refractivity (Wildman–Crippen MR) is 84.7 cm³/mol. The Kier molecular flexibility index (Phi) is 3.99. The number of benzene rings is 1. The fraction of sp³-hybridized carbons (Fsp3) is 0.267. The lowest BCUT2D eigenvalue weighted by Crippen LogP contribution is -2.15. The largest absolute Gasteiger partial charge is 0.506 e. The van der Waals surface area contributed by atoms with Crippen LogP contribution in [0, 0.1) is 5.82 Å². The Labute approximate surface area is 133 Å². The number of thiophene rings is 1. The van der Waals surface area contributed by atoms with E-state index in [9.17, 15) is 14.3 Å². The van der Waals surface area contributed by atoms with Crippen molar-refractivity contribution in [2.75, 3.05) is 5.32 Å². The van der Waals surface area contributed by atoms with Crippen LogP contribution in [0.2, 0.25) is 0 Å². The van der Waals surface area contributed by atoms with Crippen LogP contribution in [-0.2, 0) is 12.8 Å². The first-order chi connectivity index (χ1) is 10.1. The maximum absolute atomic E-state index is 13.0. The van der Waals surface area contributed by atoms with Crippen LogP contribution in [0.5, 0.6) is 5.75 Å². The quantitative estimate of drug-likeness (QED) is 0.766. The lowest BCUT2D eigenvalue weighted by Gasteiger charge is -2.13. The first kappa shape index (κ1) is 14.5. The minimum Gasteiger partial charge on any atom is -0.506 e. The lowest BCUT2D eigenvalue weighted by molar-refractivity contribution is 0.102. The summed E-state index contributed by atoms with van der Waals surface area (Å²) in [5, 5.41) is 12.3. The number of aromatic hydroxyl groups is 1. The summed E-state index contributed by atoms with van der Waals surface area (Å²) in [5.41, 5.74) is 1.94. The molecule has 1 amide bonds. The molecule has 0 radical (unpaired) electrons. The first-order valence-electron chi connectivity index (χ1n) is 6.66. The van der Waals surface area contributed by atoms with Crippen LogP contribution < -0.4 is 5.32 Å². The average Bonchev–Trinajstić information content (AvgIpc) is 2.77. The third kappa shape index (κ3) is 2.82. The van der Waals surface area contributed by atoms with Crippen molar-refractivity contribution in [3.8, 4) is 5.75 Å². The second-order valence-corrected chi connectivity index (χ2v) is 7.40. The van der Waals surface area contributed by atoms with E-state index in [4.69, 9.17) is 0 Å². The van der Waals surface area contributed by atoms with E-state index in [1.54, 1.807) is 11.3 Å². The summed E-state index contributed by atoms with van der Waals surface area (Å²) in [6.07, 6.45) is 4.14. The van der Waals surface area contributed by atoms with Crippen LogP contribution in [0.25, 0.3) is 0 Å². The van der Waals surface area contributed by atoms with E-state index >= 15 is 0 Å². The molecule has 0 unspecified atom stereocenters. The first-order valence-corrected chi connectivity index (χ1v) is 8.27. The van der Waals surface area contributed by atoms with Crippen LogP contribution in [-0.4, -0.2) is 11.0 Å². The van der Waals surface area contributed by atoms with Crippen LogP contribution >= 0.6 is 27.3 Å². The van der Waals surface area contributed by atoms with Gasteiger partial charge >= 0.3 is 0 Å². The highest BCUT2D eigenvalue weighted by atomic mass is 79.9. The number of amides is 1. The number of anilines is 1. The lowest BCUT2D eigenvalue weighted by atomic mass is 9.95. The number of rotatable bonds is 2. The van der Waals surface area contributed by atoms with Gasteiger partial charge < -0.3 is 10.4 Å². The highest BCUT2D eigenvalue weighted by Gasteiger charge is 2.24. The summed E-state index contributed by atoms with van der Waals surface area (Å²) in [6.45, 7) is 0. The SMILES string of the molecule is O=C(Nc1ccc(F)cc1O)c1c(Br)sc2c1CCCC2. The van der Waals surface area contributed by atoms with Gasteiger partial charge in [-0.25, -0.2) is 4.39 Å². The molecule has 3 rings (SSSR count). The number of aryl methyl sites for hydroxylation is 1. The van der Waals surface area contributed by atoms with Gasteiger partial charge in [0.05, 0.1) is 15.0 Å². The van der Waals surface area contributed by atoms with E-state index in [2.05, 4.69) is 21.2 Å². The zero-order chi connectivity index (χ0) is 15.0. The Morgan fingerprint density at radius 2 is 2.10 bits per heavy atom. The van der Waals surface area contributed by atoms with Crippen molar-refractivity contribution in [3.05, 3.63) is 43.8 Å². The molecule has 2 aromatic rings. The predicted octanol–water partition coefficient (Wildman–Crippen LogP) is 4.49. The van der Waals surface area contributed by atoms with Crippen LogP contribution in [0.4, 0.5) is 10.1 Å². The van der Waals surface area contributed by atoms with Gasteiger partial charge in [-0.15, -0.1) is 11.3 Å². The molecule has 21 heavy (non-hydrogen) atoms. The Balaban J connectivity index is 1.90. The Morgan fingerprint density at radius 1 is 1.33 bits per heavy atom. The number of hydrogen-bond donors (Lipinski definition) is 2. The summed E-state index contributed by atoms with van der Waals surface area (Å²) in [6, 6.07) is 3.54. The van der Waals surface area contributed by atoms with E-state index < -0.39 is 5.82 Å². The van der Waals surface area contributed by atoms with Gasteiger partial charge in [-0.3, -0.25) is 4.79 Å². The molecule has 0 atom stereocenters. The molecule has 110 valence electrons. The summed E-state index contributed by atoms with van der Waals surface area (Å²) in [7, 11) is 0. The monoisotopic (exact) mass is 369 g/mol. The Hall–Kier alpha value is -1.40. The number of hydrogen-bond acceptors (Lipinski definition) is 3. The maximum Gasteiger partial charge on any atom is 0.258 e. The smallest absolute Gasteiger partial charge is 0.258 e. The Morgan fingerprint density at radius 3 is 2.86 bits per heavy atom. The van der Waals surface area contributed by atoms with E-state index in [-0.39, 0.29) is 17.3 Å². The average molecular weight is 370 g/mol. The van der Waals surface area contributed by atoms with Gasteiger partial charge in [-0.1, -0.05) is 0 Å². The molecule has 6 heteroatoms. The molecule has 0 saturated heterocycles. The highest BCUT2D eigenvalue weighted by molar-refractivity contribution is 9.11. The molecule has 1 heterocycles. The van der Waals surface area contributed by atoms with E-state index in [0.29, 0.717) is 5.56 Å². The topological polar surface area (TPSA) is 49.3 Å². The molecule has 3 nitrogen and oxygen atoms in total. The third-order valence-corrected chi connectivity index (χ3v) is 5.53. The van der Waals surface area contributed by atoms with Gasteiger partial charge in [0.1, 0.15) is 11.6 Å². The number of fused-ring (bicyclic) bond motifs is 1. The minimum absolute atomic E-state index is 0.212. The second-order valence-electron chi connectivity index (χ2n) is 4.98. The highest BCUT2D eigenvalue weighted by Crippen LogP contribution is 2.38. The van der Waals surface area contributed by atoms with Gasteiger partial charge in [0.15, 0.2) is 0 Å². The molecular weight excluding hydrogens is 357 g/mol. The van der Waals surface area contributed by atoms with Crippen molar-refractivity contribution in [2.45, 2.75) is 25.7 Å². The molecule has 1 aliphatic carbocycles. The second kappa shape index (κ2) is 5.77. The number of phenols is 1. The standard InChI is InChI=1S/C15H13BrFNO2S/c16-14-13(9-3-1-2-4-12(9)21-14)15(20)18-10-6-5-8(17)7-11(10)19/h5-7,19H,1-4H2,(H,18,20). The maximum atomic E-state index is 13.0. The van der Waals surface area contributed by atoms with E-state index in [1.807, 2.05) is 0 Å². The number of carbonyl (C=O) groups is 1. The molecule has 1 aromatic carbocycles. The van der Waals surface area contributed by atoms with Crippen molar-refractivity contribution in [1.82, 2.24) is 0 Å². The minimum atomic E-state index is -0.542. The molecule has 1 aromatic heterocycles. The summed E-state index contributed by atoms with van der Waals surface area (Å²) < 4.78 is 13.8. The summed E-state index contributed by atoms with van der Waals surface area (Å²) in [4.78, 5) is 13.7. The van der Waals surface area contributed by atoms with Crippen molar-refractivity contribution in [3.63, 3.8) is 0 Å². The van der Waals surface area contributed by atoms with Gasteiger partial charge in [-0.05, 0) is 59.3 Å².